The van der Waals surface area contributed by atoms with Crippen molar-refractivity contribution < 1.29 is 18.4 Å². The first kappa shape index (κ1) is 17.9. The number of nitrogens with two attached hydrogens (primary N) is 1. The maximum atomic E-state index is 12.8. The van der Waals surface area contributed by atoms with Crippen molar-refractivity contribution in [1.29, 1.82) is 0 Å². The van der Waals surface area contributed by atoms with Gasteiger partial charge in [-0.3, -0.25) is 9.59 Å². The van der Waals surface area contributed by atoms with Crippen LogP contribution in [0, 0.1) is 0 Å². The second kappa shape index (κ2) is 8.31. The van der Waals surface area contributed by atoms with Crippen LogP contribution in [0.5, 0.6) is 0 Å². The van der Waals surface area contributed by atoms with Gasteiger partial charge in [0.1, 0.15) is 0 Å². The zero-order chi connectivity index (χ0) is 15.9. The Balaban J connectivity index is 2.28. The molecule has 0 spiro atoms. The number of rotatable bonds is 8. The molecule has 0 fully saturated rings. The van der Waals surface area contributed by atoms with Gasteiger partial charge in [0.2, 0.25) is 5.91 Å². The predicted octanol–water partition coefficient (Wildman–Crippen LogP) is 1.97. The van der Waals surface area contributed by atoms with Gasteiger partial charge in [0.25, 0.3) is 5.92 Å². The number of Topliss-reactive ketones (excluding diaryl/α,β-unsaturated/α-hetero) is 1. The zero-order valence-corrected chi connectivity index (χ0v) is 12.6. The van der Waals surface area contributed by atoms with Gasteiger partial charge in [-0.25, -0.2) is 8.78 Å². The summed E-state index contributed by atoms with van der Waals surface area (Å²) in [5.74, 6) is -3.81. The molecule has 0 atom stereocenters. The molecule has 0 radical (unpaired) electrons. The van der Waals surface area contributed by atoms with E-state index in [-0.39, 0.29) is 17.3 Å². The van der Waals surface area contributed by atoms with Crippen LogP contribution in [-0.2, 0) is 4.79 Å². The highest BCUT2D eigenvalue weighted by Gasteiger charge is 2.27. The molecule has 0 aliphatic carbocycles. The number of thioether (sulfide) groups is 1. The van der Waals surface area contributed by atoms with Crippen molar-refractivity contribution in [3.8, 4) is 0 Å². The number of hydrogen-bond donors (Lipinski definition) is 2. The molecular formula is C13H15ClF2N2O2S. The second-order valence-corrected chi connectivity index (χ2v) is 5.68. The van der Waals surface area contributed by atoms with Gasteiger partial charge in [-0.15, -0.1) is 11.8 Å². The fourth-order valence-corrected chi connectivity index (χ4v) is 2.17. The molecule has 1 aromatic carbocycles. The summed E-state index contributed by atoms with van der Waals surface area (Å²) in [6, 6.07) is 6.38. The molecule has 0 bridgehead atoms. The molecule has 0 aliphatic heterocycles. The van der Waals surface area contributed by atoms with Crippen molar-refractivity contribution in [1.82, 2.24) is 5.32 Å². The first-order valence-corrected chi connectivity index (χ1v) is 7.58. The second-order valence-electron chi connectivity index (χ2n) is 4.26. The Kier molecular flexibility index (Phi) is 7.07. The van der Waals surface area contributed by atoms with Crippen LogP contribution >= 0.6 is 23.4 Å². The third-order valence-electron chi connectivity index (χ3n) is 2.48. The SMILES string of the molecule is NCC(F)(F)CNC(=O)CSCC(=O)c1ccc(Cl)cc1. The Bertz CT molecular complexity index is 497. The molecule has 0 saturated carbocycles. The molecular weight excluding hydrogens is 322 g/mol. The van der Waals surface area contributed by atoms with Crippen molar-refractivity contribution >= 4 is 35.1 Å². The summed E-state index contributed by atoms with van der Waals surface area (Å²) in [5.41, 5.74) is 5.33. The summed E-state index contributed by atoms with van der Waals surface area (Å²) < 4.78 is 25.6. The quantitative estimate of drug-likeness (QED) is 0.712. The van der Waals surface area contributed by atoms with Gasteiger partial charge < -0.3 is 11.1 Å². The highest BCUT2D eigenvalue weighted by molar-refractivity contribution is 8.00. The third-order valence-corrected chi connectivity index (χ3v) is 3.66. The molecule has 1 rings (SSSR count). The van der Waals surface area contributed by atoms with E-state index in [0.29, 0.717) is 10.6 Å². The minimum Gasteiger partial charge on any atom is -0.349 e. The largest absolute Gasteiger partial charge is 0.349 e. The Morgan fingerprint density at radius 1 is 1.24 bits per heavy atom. The molecule has 4 nitrogen and oxygen atoms in total. The highest BCUT2D eigenvalue weighted by Crippen LogP contribution is 2.12. The van der Waals surface area contributed by atoms with Gasteiger partial charge in [-0.2, -0.15) is 0 Å². The minimum absolute atomic E-state index is 0.0695. The van der Waals surface area contributed by atoms with E-state index in [0.717, 1.165) is 11.8 Å². The number of carbonyl (C=O) groups excluding carboxylic acids is 2. The topological polar surface area (TPSA) is 72.2 Å². The number of nitrogens with one attached hydrogen (secondary N) is 1. The van der Waals surface area contributed by atoms with E-state index in [1.165, 1.54) is 0 Å². The van der Waals surface area contributed by atoms with Gasteiger partial charge in [-0.1, -0.05) is 11.6 Å². The van der Waals surface area contributed by atoms with Crippen molar-refractivity contribution in [2.75, 3.05) is 24.6 Å². The third kappa shape index (κ3) is 6.88. The van der Waals surface area contributed by atoms with E-state index >= 15 is 0 Å². The van der Waals surface area contributed by atoms with Crippen LogP contribution in [0.2, 0.25) is 5.02 Å². The van der Waals surface area contributed by atoms with Gasteiger partial charge in [0.05, 0.1) is 24.6 Å². The van der Waals surface area contributed by atoms with Crippen LogP contribution in [0.15, 0.2) is 24.3 Å². The van der Waals surface area contributed by atoms with E-state index in [1.54, 1.807) is 24.3 Å². The zero-order valence-electron chi connectivity index (χ0n) is 11.1. The van der Waals surface area contributed by atoms with Gasteiger partial charge in [0.15, 0.2) is 5.78 Å². The number of halogens is 3. The number of hydrogen-bond acceptors (Lipinski definition) is 4. The molecule has 116 valence electrons. The lowest BCUT2D eigenvalue weighted by Crippen LogP contribution is -2.42. The average Bonchev–Trinajstić information content (AvgIpc) is 2.46. The Labute approximate surface area is 130 Å². The molecule has 1 amide bonds. The Morgan fingerprint density at radius 3 is 2.43 bits per heavy atom. The summed E-state index contributed by atoms with van der Waals surface area (Å²) in [4.78, 5) is 23.1. The number of benzene rings is 1. The summed E-state index contributed by atoms with van der Waals surface area (Å²) in [7, 11) is 0. The summed E-state index contributed by atoms with van der Waals surface area (Å²) in [5, 5.41) is 2.60. The molecule has 0 heterocycles. The van der Waals surface area contributed by atoms with E-state index in [9.17, 15) is 18.4 Å². The standard InChI is InChI=1S/C13H15ClF2N2O2S/c14-10-3-1-9(2-4-10)11(19)5-21-6-12(20)18-8-13(15,16)7-17/h1-4H,5-8,17H2,(H,18,20). The fraction of sp³-hybridized carbons (Fsp3) is 0.385. The van der Waals surface area contributed by atoms with Crippen molar-refractivity contribution in [3.05, 3.63) is 34.9 Å². The molecule has 8 heteroatoms. The lowest BCUT2D eigenvalue weighted by atomic mass is 10.1. The van der Waals surface area contributed by atoms with Gasteiger partial charge in [-0.05, 0) is 24.3 Å². The number of ketones is 1. The van der Waals surface area contributed by atoms with Crippen LogP contribution in [-0.4, -0.2) is 42.2 Å². The Morgan fingerprint density at radius 2 is 1.86 bits per heavy atom. The number of carbonyl (C=O) groups is 2. The van der Waals surface area contributed by atoms with Crippen LogP contribution < -0.4 is 11.1 Å². The van der Waals surface area contributed by atoms with E-state index < -0.39 is 24.9 Å². The molecule has 1 aromatic rings. The first-order chi connectivity index (χ1) is 9.84. The van der Waals surface area contributed by atoms with Gasteiger partial charge in [0, 0.05) is 10.6 Å². The fourth-order valence-electron chi connectivity index (χ4n) is 1.31. The summed E-state index contributed by atoms with van der Waals surface area (Å²) in [6.45, 7) is -1.62. The normalized spacial score (nSPS) is 11.2. The van der Waals surface area contributed by atoms with Crippen LogP contribution in [0.4, 0.5) is 8.78 Å². The van der Waals surface area contributed by atoms with E-state index in [1.807, 2.05) is 0 Å². The predicted molar refractivity (Wildman–Crippen MR) is 80.1 cm³/mol. The van der Waals surface area contributed by atoms with Crippen LogP contribution in [0.3, 0.4) is 0 Å². The molecule has 3 N–H and O–H groups in total. The molecule has 0 saturated heterocycles. The first-order valence-electron chi connectivity index (χ1n) is 6.05. The van der Waals surface area contributed by atoms with Crippen LogP contribution in [0.1, 0.15) is 10.4 Å². The lowest BCUT2D eigenvalue weighted by molar-refractivity contribution is -0.120. The average molecular weight is 337 g/mol. The van der Waals surface area contributed by atoms with Crippen molar-refractivity contribution in [3.63, 3.8) is 0 Å². The summed E-state index contributed by atoms with van der Waals surface area (Å²) in [6.07, 6.45) is 0. The van der Waals surface area contributed by atoms with Crippen molar-refractivity contribution in [2.45, 2.75) is 5.92 Å². The molecule has 0 unspecified atom stereocenters. The molecule has 0 aromatic heterocycles. The van der Waals surface area contributed by atoms with Crippen molar-refractivity contribution in [2.24, 2.45) is 5.73 Å². The Hall–Kier alpha value is -1.18. The molecule has 0 aliphatic rings. The highest BCUT2D eigenvalue weighted by atomic mass is 35.5. The van der Waals surface area contributed by atoms with Gasteiger partial charge >= 0.3 is 0 Å². The number of amides is 1. The monoisotopic (exact) mass is 336 g/mol. The summed E-state index contributed by atoms with van der Waals surface area (Å²) >= 11 is 6.76. The maximum absolute atomic E-state index is 12.8. The smallest absolute Gasteiger partial charge is 0.277 e. The number of alkyl halides is 2. The van der Waals surface area contributed by atoms with E-state index in [2.05, 4.69) is 5.32 Å². The maximum Gasteiger partial charge on any atom is 0.277 e. The minimum atomic E-state index is -3.11. The lowest BCUT2D eigenvalue weighted by Gasteiger charge is -2.14. The van der Waals surface area contributed by atoms with Crippen LogP contribution in [0.25, 0.3) is 0 Å². The van der Waals surface area contributed by atoms with E-state index in [4.69, 9.17) is 17.3 Å². The molecule has 21 heavy (non-hydrogen) atoms.